The van der Waals surface area contributed by atoms with Gasteiger partial charge < -0.3 is 10.2 Å². The van der Waals surface area contributed by atoms with Gasteiger partial charge in [-0.1, -0.05) is 27.2 Å². The fourth-order valence-electron chi connectivity index (χ4n) is 1.75. The number of rotatable bonds is 7. The van der Waals surface area contributed by atoms with Gasteiger partial charge in [-0.3, -0.25) is 9.59 Å². The van der Waals surface area contributed by atoms with Gasteiger partial charge in [0.1, 0.15) is 0 Å². The van der Waals surface area contributed by atoms with Crippen molar-refractivity contribution in [1.82, 2.24) is 0 Å². The van der Waals surface area contributed by atoms with Crippen LogP contribution in [0.2, 0.25) is 0 Å². The van der Waals surface area contributed by atoms with Crippen LogP contribution in [-0.2, 0) is 9.59 Å². The number of carboxylic acid groups (broad SMARTS) is 2. The van der Waals surface area contributed by atoms with Gasteiger partial charge in [-0.25, -0.2) is 0 Å². The summed E-state index contributed by atoms with van der Waals surface area (Å²) < 4.78 is 0. The largest absolute Gasteiger partial charge is 0.481 e. The molecule has 0 aromatic carbocycles. The van der Waals surface area contributed by atoms with Crippen molar-refractivity contribution in [1.29, 1.82) is 0 Å². The van der Waals surface area contributed by atoms with Crippen molar-refractivity contribution in [3.63, 3.8) is 0 Å². The molecule has 0 aromatic rings. The molecule has 0 aliphatic rings. The van der Waals surface area contributed by atoms with Gasteiger partial charge in [0, 0.05) is 0 Å². The Morgan fingerprint density at radius 3 is 1.75 bits per heavy atom. The Labute approximate surface area is 90.3 Å². The van der Waals surface area contributed by atoms with Crippen LogP contribution in [0.1, 0.15) is 40.0 Å². The molecule has 0 heterocycles. The Morgan fingerprint density at radius 1 is 1.06 bits per heavy atom. The van der Waals surface area contributed by atoms with E-state index >= 15 is 0 Å². The van der Waals surface area contributed by atoms with E-state index in [1.807, 2.05) is 20.8 Å². The van der Waals surface area contributed by atoms with Crippen LogP contribution < -0.4 is 0 Å². The topological polar surface area (TPSA) is 74.6 Å². The second-order valence-corrected chi connectivity index (χ2v) is 4.31. The Hall–Kier alpha value is -2.06. The van der Waals surface area contributed by atoms with E-state index in [0.717, 1.165) is 0 Å². The molecule has 0 spiro atoms. The Bertz CT molecular complexity index is 228. The standard InChI is InChI=1S/C11H20O4.Fm/c1-4-5-8(10(12)13)9(11(14)15)6-7(2)3;/h7-9H,4-6H2,1-3H3,(H,12,13)(H,14,15);/t8-,9+;/m0./s1. The van der Waals surface area contributed by atoms with Crippen LogP contribution in [0, 0.1) is 17.8 Å². The summed E-state index contributed by atoms with van der Waals surface area (Å²) in [6.07, 6.45) is 1.55. The van der Waals surface area contributed by atoms with E-state index < -0.39 is 23.8 Å². The summed E-state index contributed by atoms with van der Waals surface area (Å²) in [5.74, 6) is -3.31. The van der Waals surface area contributed by atoms with Crippen LogP contribution in [0.4, 0.5) is 0 Å². The van der Waals surface area contributed by atoms with Crippen molar-refractivity contribution in [2.45, 2.75) is 40.0 Å². The molecule has 0 fully saturated rings. The maximum atomic E-state index is 11.0. The molecule has 16 heavy (non-hydrogen) atoms. The van der Waals surface area contributed by atoms with Crippen molar-refractivity contribution < 1.29 is 19.8 Å². The zero-order valence-electron chi connectivity index (χ0n) is 9.85. The van der Waals surface area contributed by atoms with Gasteiger partial charge in [-0.15, -0.1) is 0 Å². The third kappa shape index (κ3) is 4.98. The molecule has 0 unspecified atom stereocenters. The number of hydrogen-bond donors (Lipinski definition) is 2. The Balaban J connectivity index is 0. The summed E-state index contributed by atoms with van der Waals surface area (Å²) in [6.45, 7) is 5.67. The fraction of sp³-hybridized carbons (Fsp3) is 0.818. The number of carbonyl (C=O) groups is 2. The molecule has 5 heteroatoms. The van der Waals surface area contributed by atoms with Crippen LogP contribution >= 0.6 is 0 Å². The van der Waals surface area contributed by atoms with Gasteiger partial charge in [0.05, 0.1) is 11.8 Å². The second kappa shape index (κ2) is 7.26. The first-order valence-corrected chi connectivity index (χ1v) is 5.35. The SMILES string of the molecule is CCC[C@H](C(=O)O)[C@@H](CC(C)C)C(=O)O.[Fm]. The van der Waals surface area contributed by atoms with Gasteiger partial charge in [-0.2, -0.15) is 0 Å². The van der Waals surface area contributed by atoms with Gasteiger partial charge in [0.15, 0.2) is 0 Å². The molecule has 0 saturated heterocycles. The maximum absolute atomic E-state index is 11.0. The number of carboxylic acids is 2. The van der Waals surface area contributed by atoms with Crippen molar-refractivity contribution in [2.75, 3.05) is 0 Å². The summed E-state index contributed by atoms with van der Waals surface area (Å²) in [6, 6.07) is 0. The van der Waals surface area contributed by atoms with Gasteiger partial charge in [0.25, 0.3) is 0 Å². The van der Waals surface area contributed by atoms with Crippen LogP contribution in [0.25, 0.3) is 0 Å². The van der Waals surface area contributed by atoms with E-state index in [4.69, 9.17) is 10.2 Å². The van der Waals surface area contributed by atoms with Crippen LogP contribution in [-0.4, -0.2) is 22.2 Å². The van der Waals surface area contributed by atoms with E-state index in [1.165, 1.54) is 0 Å². The molecule has 100 valence electrons. The molecule has 0 amide bonds. The van der Waals surface area contributed by atoms with Gasteiger partial charge in [-0.05, 0) is 18.8 Å². The van der Waals surface area contributed by atoms with E-state index in [0.29, 0.717) is 19.3 Å². The molecular formula is C11H20FmO4. The van der Waals surface area contributed by atoms with Crippen molar-refractivity contribution >= 4 is 11.9 Å². The minimum atomic E-state index is -0.996. The van der Waals surface area contributed by atoms with E-state index in [9.17, 15) is 9.59 Å². The first-order valence-electron chi connectivity index (χ1n) is 5.35. The molecule has 0 aliphatic carbocycles. The number of hydrogen-bond acceptors (Lipinski definition) is 2. The van der Waals surface area contributed by atoms with E-state index in [2.05, 4.69) is 0 Å². The van der Waals surface area contributed by atoms with Crippen LogP contribution in [0.15, 0.2) is 0 Å². The van der Waals surface area contributed by atoms with Crippen LogP contribution in [0.3, 0.4) is 0 Å². The van der Waals surface area contributed by atoms with Gasteiger partial charge >= 0.3 is 11.9 Å². The molecule has 4 nitrogen and oxygen atoms in total. The fourth-order valence-corrected chi connectivity index (χ4v) is 1.75. The smallest absolute Gasteiger partial charge is 0.307 e. The van der Waals surface area contributed by atoms with E-state index in [1.54, 1.807) is 0 Å². The molecule has 0 aromatic heterocycles. The molecule has 0 saturated carbocycles. The van der Waals surface area contributed by atoms with E-state index in [-0.39, 0.29) is 5.92 Å². The Kier molecular flexibility index (Phi) is 7.43. The third-order valence-corrected chi connectivity index (χ3v) is 2.45. The summed E-state index contributed by atoms with van der Waals surface area (Å²) in [7, 11) is 0. The van der Waals surface area contributed by atoms with Crippen molar-refractivity contribution in [2.24, 2.45) is 17.8 Å². The maximum Gasteiger partial charge on any atom is 0.307 e. The summed E-state index contributed by atoms with van der Waals surface area (Å²) in [5, 5.41) is 18.0. The molecule has 2 atom stereocenters. The molecular weight excluding hydrogens is 453 g/mol. The normalized spacial score (nSPS) is 14.0. The minimum absolute atomic E-state index is 0. The zero-order valence-corrected chi connectivity index (χ0v) is 12.3. The zero-order chi connectivity index (χ0) is 12.0. The van der Waals surface area contributed by atoms with Crippen molar-refractivity contribution in [3.8, 4) is 0 Å². The minimum Gasteiger partial charge on any atom is -0.481 e. The predicted octanol–water partition coefficient (Wildman–Crippen LogP) is 2.23. The molecule has 0 aliphatic heterocycles. The van der Waals surface area contributed by atoms with Crippen LogP contribution in [0.5, 0.6) is 0 Å². The quantitative estimate of drug-likeness (QED) is 0.595. The first kappa shape index (κ1) is 16.4. The second-order valence-electron chi connectivity index (χ2n) is 4.31. The summed E-state index contributed by atoms with van der Waals surface area (Å²) >= 11 is 0. The molecule has 0 bridgehead atoms. The monoisotopic (exact) mass is 473 g/mol. The van der Waals surface area contributed by atoms with Gasteiger partial charge in [0.2, 0.25) is 0 Å². The number of aliphatic carboxylic acids is 2. The molecule has 0 radical (unpaired) electrons. The molecule has 0 rings (SSSR count). The molecule has 2 N–H and O–H groups in total. The Morgan fingerprint density at radius 2 is 1.50 bits per heavy atom. The average molecular weight is 473 g/mol. The summed E-state index contributed by atoms with van der Waals surface area (Å²) in [4.78, 5) is 21.9. The first-order chi connectivity index (χ1) is 6.90. The third-order valence-electron chi connectivity index (χ3n) is 2.45. The van der Waals surface area contributed by atoms with Crippen molar-refractivity contribution in [3.05, 3.63) is 0 Å². The average Bonchev–Trinajstić information content (AvgIpc) is 2.09. The summed E-state index contributed by atoms with van der Waals surface area (Å²) in [5.41, 5.74) is 0. The predicted molar refractivity (Wildman–Crippen MR) is 56.6 cm³/mol.